The van der Waals surface area contributed by atoms with Crippen LogP contribution in [0.25, 0.3) is 0 Å². The van der Waals surface area contributed by atoms with Gasteiger partial charge in [-0.25, -0.2) is 0 Å². The second-order valence-electron chi connectivity index (χ2n) is 6.92. The summed E-state index contributed by atoms with van der Waals surface area (Å²) in [5, 5.41) is 40.3. The first-order valence-corrected chi connectivity index (χ1v) is 9.66. The summed E-state index contributed by atoms with van der Waals surface area (Å²) < 4.78 is 11.2. The molecule has 0 saturated carbocycles. The summed E-state index contributed by atoms with van der Waals surface area (Å²) in [6.07, 6.45) is -3.04. The highest BCUT2D eigenvalue weighted by Gasteiger charge is 2.37. The summed E-state index contributed by atoms with van der Waals surface area (Å²) in [7, 11) is 0. The first kappa shape index (κ1) is 20.9. The quantitative estimate of drug-likeness (QED) is 0.586. The van der Waals surface area contributed by atoms with Crippen molar-refractivity contribution >= 4 is 11.6 Å². The normalized spacial score (nSPS) is 24.9. The van der Waals surface area contributed by atoms with Crippen molar-refractivity contribution in [2.45, 2.75) is 44.2 Å². The third-order valence-electron chi connectivity index (χ3n) is 4.86. The van der Waals surface area contributed by atoms with E-state index in [2.05, 4.69) is 0 Å². The van der Waals surface area contributed by atoms with E-state index in [9.17, 15) is 20.4 Å². The fraction of sp³-hybridized carbons (Fsp3) is 0.429. The Labute approximate surface area is 168 Å². The number of hydrogen-bond donors (Lipinski definition) is 4. The molecule has 4 N–H and O–H groups in total. The molecule has 152 valence electrons. The predicted molar refractivity (Wildman–Crippen MR) is 105 cm³/mol. The average molecular weight is 409 g/mol. The summed E-state index contributed by atoms with van der Waals surface area (Å²) in [5.41, 5.74) is 2.13. The van der Waals surface area contributed by atoms with Crippen LogP contribution in [0.3, 0.4) is 0 Å². The number of aromatic hydroxyl groups is 1. The molecule has 1 aliphatic heterocycles. The largest absolute Gasteiger partial charge is 0.506 e. The van der Waals surface area contributed by atoms with Crippen LogP contribution in [-0.2, 0) is 11.2 Å². The minimum Gasteiger partial charge on any atom is -0.506 e. The SMILES string of the molecule is CCOc1ccc(Cc2cc(C3OC(CO)CC(O)C3O)cc(O)c2Cl)cc1. The van der Waals surface area contributed by atoms with Crippen LogP contribution in [0.4, 0.5) is 0 Å². The van der Waals surface area contributed by atoms with Crippen LogP contribution in [-0.4, -0.2) is 52.0 Å². The predicted octanol–water partition coefficient (Wildman–Crippen LogP) is 2.58. The van der Waals surface area contributed by atoms with Crippen molar-refractivity contribution in [1.29, 1.82) is 0 Å². The molecule has 0 aromatic heterocycles. The zero-order chi connectivity index (χ0) is 20.3. The lowest BCUT2D eigenvalue weighted by Gasteiger charge is -2.37. The molecule has 4 atom stereocenters. The van der Waals surface area contributed by atoms with Crippen molar-refractivity contribution in [3.63, 3.8) is 0 Å². The number of phenols is 1. The van der Waals surface area contributed by atoms with E-state index in [4.69, 9.17) is 21.1 Å². The zero-order valence-corrected chi connectivity index (χ0v) is 16.3. The van der Waals surface area contributed by atoms with Gasteiger partial charge in [-0.1, -0.05) is 29.8 Å². The summed E-state index contributed by atoms with van der Waals surface area (Å²) in [6, 6.07) is 10.7. The Morgan fingerprint density at radius 2 is 1.89 bits per heavy atom. The molecular weight excluding hydrogens is 384 g/mol. The third-order valence-corrected chi connectivity index (χ3v) is 5.30. The second kappa shape index (κ2) is 9.11. The molecular formula is C21H25ClO6. The Morgan fingerprint density at radius 3 is 2.54 bits per heavy atom. The van der Waals surface area contributed by atoms with Gasteiger partial charge in [-0.3, -0.25) is 0 Å². The Morgan fingerprint density at radius 1 is 1.18 bits per heavy atom. The zero-order valence-electron chi connectivity index (χ0n) is 15.6. The second-order valence-corrected chi connectivity index (χ2v) is 7.30. The third kappa shape index (κ3) is 4.59. The highest BCUT2D eigenvalue weighted by Crippen LogP contribution is 2.38. The monoisotopic (exact) mass is 408 g/mol. The average Bonchev–Trinajstić information content (AvgIpc) is 2.69. The first-order chi connectivity index (χ1) is 13.4. The van der Waals surface area contributed by atoms with Gasteiger partial charge < -0.3 is 29.9 Å². The van der Waals surface area contributed by atoms with E-state index in [1.165, 1.54) is 6.07 Å². The molecule has 6 nitrogen and oxygen atoms in total. The minimum absolute atomic E-state index is 0.128. The minimum atomic E-state index is -1.17. The molecule has 1 saturated heterocycles. The molecule has 1 fully saturated rings. The van der Waals surface area contributed by atoms with E-state index in [0.29, 0.717) is 24.2 Å². The van der Waals surface area contributed by atoms with Gasteiger partial charge in [0.15, 0.2) is 0 Å². The number of benzene rings is 2. The van der Waals surface area contributed by atoms with Gasteiger partial charge in [-0.2, -0.15) is 0 Å². The number of aliphatic hydroxyl groups is 3. The lowest BCUT2D eigenvalue weighted by molar-refractivity contribution is -0.179. The maximum absolute atomic E-state index is 10.3. The van der Waals surface area contributed by atoms with E-state index >= 15 is 0 Å². The van der Waals surface area contributed by atoms with Gasteiger partial charge in [0.25, 0.3) is 0 Å². The number of halogens is 1. The van der Waals surface area contributed by atoms with Gasteiger partial charge in [0.2, 0.25) is 0 Å². The molecule has 7 heteroatoms. The molecule has 28 heavy (non-hydrogen) atoms. The van der Waals surface area contributed by atoms with Crippen LogP contribution in [0.5, 0.6) is 11.5 Å². The van der Waals surface area contributed by atoms with Crippen molar-refractivity contribution < 1.29 is 29.9 Å². The Bertz CT molecular complexity index is 794. The maximum atomic E-state index is 10.3. The fourth-order valence-corrected chi connectivity index (χ4v) is 3.60. The van der Waals surface area contributed by atoms with Crippen LogP contribution in [0.15, 0.2) is 36.4 Å². The number of rotatable bonds is 6. The van der Waals surface area contributed by atoms with Crippen LogP contribution in [0.1, 0.15) is 36.1 Å². The molecule has 1 heterocycles. The standard InChI is InChI=1S/C21H25ClO6/c1-2-27-15-5-3-12(4-6-15)7-13-8-14(9-17(24)19(13)22)21-20(26)18(25)10-16(11-23)28-21/h3-6,8-9,16,18,20-21,23-26H,2,7,10-11H2,1H3. The van der Waals surface area contributed by atoms with E-state index in [-0.39, 0.29) is 23.8 Å². The molecule has 0 spiro atoms. The lowest BCUT2D eigenvalue weighted by atomic mass is 9.91. The molecule has 0 bridgehead atoms. The number of phenolic OH excluding ortho intramolecular Hbond substituents is 1. The molecule has 3 rings (SSSR count). The molecule has 1 aliphatic rings. The molecule has 4 unspecified atom stereocenters. The number of ether oxygens (including phenoxy) is 2. The highest BCUT2D eigenvalue weighted by molar-refractivity contribution is 6.32. The molecule has 0 aliphatic carbocycles. The number of hydrogen-bond acceptors (Lipinski definition) is 6. The summed E-state index contributed by atoms with van der Waals surface area (Å²) in [6.45, 7) is 2.24. The Kier molecular flexibility index (Phi) is 6.80. The number of aliphatic hydroxyl groups excluding tert-OH is 3. The van der Waals surface area contributed by atoms with Crippen LogP contribution in [0, 0.1) is 0 Å². The fourth-order valence-electron chi connectivity index (χ4n) is 3.42. The lowest BCUT2D eigenvalue weighted by Crippen LogP contribution is -2.44. The van der Waals surface area contributed by atoms with Crippen molar-refractivity contribution in [3.8, 4) is 11.5 Å². The van der Waals surface area contributed by atoms with Crippen molar-refractivity contribution in [2.75, 3.05) is 13.2 Å². The van der Waals surface area contributed by atoms with Gasteiger partial charge in [0.1, 0.15) is 23.7 Å². The van der Waals surface area contributed by atoms with Crippen LogP contribution >= 0.6 is 11.6 Å². The van der Waals surface area contributed by atoms with Gasteiger partial charge in [0.05, 0.1) is 30.4 Å². The van der Waals surface area contributed by atoms with Gasteiger partial charge in [0, 0.05) is 6.42 Å². The van der Waals surface area contributed by atoms with Crippen molar-refractivity contribution in [2.24, 2.45) is 0 Å². The van der Waals surface area contributed by atoms with Crippen LogP contribution in [0.2, 0.25) is 5.02 Å². The van der Waals surface area contributed by atoms with Gasteiger partial charge in [-0.05, 0) is 48.2 Å². The first-order valence-electron chi connectivity index (χ1n) is 9.28. The molecule has 2 aromatic carbocycles. The van der Waals surface area contributed by atoms with Gasteiger partial charge >= 0.3 is 0 Å². The Balaban J connectivity index is 1.87. The van der Waals surface area contributed by atoms with E-state index in [0.717, 1.165) is 11.3 Å². The maximum Gasteiger partial charge on any atom is 0.134 e. The Hall–Kier alpha value is -1.83. The highest BCUT2D eigenvalue weighted by atomic mass is 35.5. The molecule has 2 aromatic rings. The molecule has 0 radical (unpaired) electrons. The summed E-state index contributed by atoms with van der Waals surface area (Å²) in [5.74, 6) is 0.647. The summed E-state index contributed by atoms with van der Waals surface area (Å²) in [4.78, 5) is 0. The topological polar surface area (TPSA) is 99.4 Å². The van der Waals surface area contributed by atoms with E-state index in [1.807, 2.05) is 31.2 Å². The van der Waals surface area contributed by atoms with Crippen molar-refractivity contribution in [1.82, 2.24) is 0 Å². The van der Waals surface area contributed by atoms with Crippen LogP contribution < -0.4 is 4.74 Å². The molecule has 0 amide bonds. The summed E-state index contributed by atoms with van der Waals surface area (Å²) >= 11 is 6.29. The smallest absolute Gasteiger partial charge is 0.134 e. The van der Waals surface area contributed by atoms with E-state index in [1.54, 1.807) is 6.07 Å². The van der Waals surface area contributed by atoms with E-state index < -0.39 is 24.4 Å². The van der Waals surface area contributed by atoms with Gasteiger partial charge in [-0.15, -0.1) is 0 Å². The van der Waals surface area contributed by atoms with Crippen molar-refractivity contribution in [3.05, 3.63) is 58.1 Å².